The van der Waals surface area contributed by atoms with Crippen molar-refractivity contribution in [3.63, 3.8) is 0 Å². The molecule has 0 amide bonds. The van der Waals surface area contributed by atoms with Crippen LogP contribution in [0.1, 0.15) is 58.4 Å². The standard InChI is InChI=1S/C22H39N2O2S/c1-5-8-9-10-12-19-24(6-2,7-3)20-13-11-14-21-15-17-22(18-16-21)23-27(4,25)26/h11,13,15-18,23H,5-10,12,14,19-20H2,1-4H3/q+1/b13-11+. The summed E-state index contributed by atoms with van der Waals surface area (Å²) in [6, 6.07) is 7.60. The van der Waals surface area contributed by atoms with Crippen molar-refractivity contribution in [1.29, 1.82) is 0 Å². The smallest absolute Gasteiger partial charge is 0.229 e. The molecule has 27 heavy (non-hydrogen) atoms. The van der Waals surface area contributed by atoms with Crippen LogP contribution in [-0.4, -0.2) is 45.3 Å². The number of unbranched alkanes of at least 4 members (excludes halogenated alkanes) is 4. The summed E-state index contributed by atoms with van der Waals surface area (Å²) < 4.78 is 26.2. The third-order valence-corrected chi connectivity index (χ3v) is 5.95. The maximum atomic E-state index is 11.3. The monoisotopic (exact) mass is 395 g/mol. The number of allylic oxidation sites excluding steroid dienone is 1. The minimum absolute atomic E-state index is 0.612. The van der Waals surface area contributed by atoms with Crippen LogP contribution in [0.5, 0.6) is 0 Å². The zero-order valence-corrected chi connectivity index (χ0v) is 18.5. The molecule has 0 unspecified atom stereocenters. The number of sulfonamides is 1. The van der Waals surface area contributed by atoms with Crippen molar-refractivity contribution in [3.05, 3.63) is 42.0 Å². The van der Waals surface area contributed by atoms with Crippen LogP contribution in [0.3, 0.4) is 0 Å². The number of hydrogen-bond acceptors (Lipinski definition) is 2. The molecule has 1 rings (SSSR count). The van der Waals surface area contributed by atoms with Gasteiger partial charge in [0.1, 0.15) is 0 Å². The van der Waals surface area contributed by atoms with Gasteiger partial charge in [-0.15, -0.1) is 0 Å². The molecular weight excluding hydrogens is 356 g/mol. The van der Waals surface area contributed by atoms with Gasteiger partial charge in [-0.05, 0) is 56.9 Å². The number of rotatable bonds is 14. The first-order chi connectivity index (χ1) is 12.8. The number of nitrogens with one attached hydrogen (secondary N) is 1. The van der Waals surface area contributed by atoms with Crippen LogP contribution in [0.4, 0.5) is 5.69 Å². The van der Waals surface area contributed by atoms with Gasteiger partial charge in [0, 0.05) is 5.69 Å². The molecule has 0 spiro atoms. The molecule has 0 aliphatic heterocycles. The van der Waals surface area contributed by atoms with Crippen LogP contribution in [0.15, 0.2) is 36.4 Å². The summed E-state index contributed by atoms with van der Waals surface area (Å²) in [4.78, 5) is 0. The molecule has 0 saturated heterocycles. The van der Waals surface area contributed by atoms with E-state index in [-0.39, 0.29) is 0 Å². The van der Waals surface area contributed by atoms with Crippen molar-refractivity contribution in [1.82, 2.24) is 0 Å². The fourth-order valence-corrected chi connectivity index (χ4v) is 3.94. The fourth-order valence-electron chi connectivity index (χ4n) is 3.38. The van der Waals surface area contributed by atoms with E-state index in [0.717, 1.165) is 13.0 Å². The normalized spacial score (nSPS) is 12.6. The van der Waals surface area contributed by atoms with Crippen LogP contribution >= 0.6 is 0 Å². The molecule has 0 saturated carbocycles. The maximum Gasteiger partial charge on any atom is 0.229 e. The van der Waals surface area contributed by atoms with Crippen LogP contribution in [0.2, 0.25) is 0 Å². The Morgan fingerprint density at radius 2 is 1.56 bits per heavy atom. The molecule has 0 aliphatic rings. The Labute approximate surface area is 167 Å². The first-order valence-corrected chi connectivity index (χ1v) is 12.3. The van der Waals surface area contributed by atoms with Gasteiger partial charge in [-0.25, -0.2) is 8.42 Å². The van der Waals surface area contributed by atoms with Crippen molar-refractivity contribution in [2.45, 2.75) is 59.3 Å². The highest BCUT2D eigenvalue weighted by molar-refractivity contribution is 7.92. The Balaban J connectivity index is 2.49. The van der Waals surface area contributed by atoms with Gasteiger partial charge in [0.25, 0.3) is 0 Å². The minimum Gasteiger partial charge on any atom is -0.321 e. The Hall–Kier alpha value is -1.33. The summed E-state index contributed by atoms with van der Waals surface area (Å²) in [5.41, 5.74) is 1.80. The number of benzene rings is 1. The Bertz CT molecular complexity index is 647. The topological polar surface area (TPSA) is 46.2 Å². The summed E-state index contributed by atoms with van der Waals surface area (Å²) in [5, 5.41) is 0. The van der Waals surface area contributed by atoms with Crippen LogP contribution in [-0.2, 0) is 16.4 Å². The van der Waals surface area contributed by atoms with Gasteiger partial charge in [0.2, 0.25) is 10.0 Å². The van der Waals surface area contributed by atoms with Crippen molar-refractivity contribution >= 4 is 15.7 Å². The number of hydrogen-bond donors (Lipinski definition) is 1. The molecule has 1 aromatic carbocycles. The van der Waals surface area contributed by atoms with E-state index >= 15 is 0 Å². The van der Waals surface area contributed by atoms with Gasteiger partial charge in [-0.3, -0.25) is 4.72 Å². The molecule has 0 atom stereocenters. The molecule has 0 aromatic heterocycles. The Kier molecular flexibility index (Phi) is 10.7. The zero-order valence-electron chi connectivity index (χ0n) is 17.7. The molecule has 5 heteroatoms. The average molecular weight is 396 g/mol. The molecular formula is C22H39N2O2S+. The average Bonchev–Trinajstić information content (AvgIpc) is 2.63. The highest BCUT2D eigenvalue weighted by Crippen LogP contribution is 2.14. The summed E-state index contributed by atoms with van der Waals surface area (Å²) in [5.74, 6) is 0. The first-order valence-electron chi connectivity index (χ1n) is 10.4. The second-order valence-electron chi connectivity index (χ2n) is 7.54. The molecule has 0 heterocycles. The molecule has 154 valence electrons. The lowest BCUT2D eigenvalue weighted by Gasteiger charge is -2.36. The van der Waals surface area contributed by atoms with Crippen LogP contribution in [0, 0.1) is 0 Å². The molecule has 4 nitrogen and oxygen atoms in total. The minimum atomic E-state index is -3.21. The molecule has 0 bridgehead atoms. The molecule has 1 N–H and O–H groups in total. The van der Waals surface area contributed by atoms with E-state index < -0.39 is 10.0 Å². The van der Waals surface area contributed by atoms with E-state index in [9.17, 15) is 8.42 Å². The lowest BCUT2D eigenvalue weighted by atomic mass is 10.1. The fraction of sp³-hybridized carbons (Fsp3) is 0.636. The summed E-state index contributed by atoms with van der Waals surface area (Å²) in [6.07, 6.45) is 13.3. The van der Waals surface area contributed by atoms with Crippen molar-refractivity contribution in [2.75, 3.05) is 37.2 Å². The van der Waals surface area contributed by atoms with E-state index in [1.807, 2.05) is 24.3 Å². The van der Waals surface area contributed by atoms with E-state index in [1.54, 1.807) is 0 Å². The SMILES string of the molecule is CCCCCCC[N+](CC)(CC)C/C=C/Cc1ccc(NS(C)(=O)=O)cc1. The lowest BCUT2D eigenvalue weighted by molar-refractivity contribution is -0.919. The van der Waals surface area contributed by atoms with E-state index in [2.05, 4.69) is 37.6 Å². The van der Waals surface area contributed by atoms with Gasteiger partial charge < -0.3 is 4.48 Å². The third-order valence-electron chi connectivity index (χ3n) is 5.35. The highest BCUT2D eigenvalue weighted by atomic mass is 32.2. The Morgan fingerprint density at radius 3 is 2.11 bits per heavy atom. The molecule has 0 aliphatic carbocycles. The van der Waals surface area contributed by atoms with Gasteiger partial charge in [-0.2, -0.15) is 0 Å². The maximum absolute atomic E-state index is 11.3. The summed E-state index contributed by atoms with van der Waals surface area (Å²) >= 11 is 0. The van der Waals surface area contributed by atoms with E-state index in [1.165, 1.54) is 68.0 Å². The molecule has 0 fully saturated rings. The third kappa shape index (κ3) is 9.96. The highest BCUT2D eigenvalue weighted by Gasteiger charge is 2.20. The summed E-state index contributed by atoms with van der Waals surface area (Å²) in [7, 11) is -3.21. The quantitative estimate of drug-likeness (QED) is 0.274. The predicted molar refractivity (Wildman–Crippen MR) is 118 cm³/mol. The van der Waals surface area contributed by atoms with E-state index in [4.69, 9.17) is 0 Å². The molecule has 1 aromatic rings. The van der Waals surface area contributed by atoms with Gasteiger partial charge in [0.05, 0.1) is 32.4 Å². The second-order valence-corrected chi connectivity index (χ2v) is 9.29. The number of nitrogens with zero attached hydrogens (tertiary/aromatic N) is 1. The zero-order chi connectivity index (χ0) is 20.2. The van der Waals surface area contributed by atoms with Crippen molar-refractivity contribution in [2.24, 2.45) is 0 Å². The largest absolute Gasteiger partial charge is 0.321 e. The van der Waals surface area contributed by atoms with Gasteiger partial charge in [0.15, 0.2) is 0 Å². The number of quaternary nitrogens is 1. The Morgan fingerprint density at radius 1 is 0.926 bits per heavy atom. The van der Waals surface area contributed by atoms with E-state index in [0.29, 0.717) is 5.69 Å². The van der Waals surface area contributed by atoms with Gasteiger partial charge >= 0.3 is 0 Å². The van der Waals surface area contributed by atoms with Crippen molar-refractivity contribution < 1.29 is 12.9 Å². The number of anilines is 1. The molecule has 0 radical (unpaired) electrons. The number of likely N-dealkylation sites (N-methyl/N-ethyl adjacent to an activating group) is 1. The first kappa shape index (κ1) is 23.7. The second kappa shape index (κ2) is 12.2. The van der Waals surface area contributed by atoms with Crippen LogP contribution < -0.4 is 4.72 Å². The van der Waals surface area contributed by atoms with Crippen molar-refractivity contribution in [3.8, 4) is 0 Å². The lowest BCUT2D eigenvalue weighted by Crippen LogP contribution is -2.48. The van der Waals surface area contributed by atoms with Gasteiger partial charge in [-0.1, -0.05) is 44.4 Å². The van der Waals surface area contributed by atoms with Crippen LogP contribution in [0.25, 0.3) is 0 Å². The predicted octanol–water partition coefficient (Wildman–Crippen LogP) is 4.98. The summed E-state index contributed by atoms with van der Waals surface area (Å²) in [6.45, 7) is 11.6.